The average molecular weight is 283 g/mol. The number of hydrogen-bond donors (Lipinski definition) is 1. The molecule has 0 unspecified atom stereocenters. The van der Waals surface area contributed by atoms with Crippen molar-refractivity contribution in [3.05, 3.63) is 59.9 Å². The second-order valence-corrected chi connectivity index (χ2v) is 4.58. The highest BCUT2D eigenvalue weighted by Crippen LogP contribution is 2.17. The van der Waals surface area contributed by atoms with Crippen LogP contribution in [0, 0.1) is 5.82 Å². The van der Waals surface area contributed by atoms with Crippen LogP contribution in [0.25, 0.3) is 17.1 Å². The van der Waals surface area contributed by atoms with Gasteiger partial charge in [0, 0.05) is 5.56 Å². The Kier molecular flexibility index (Phi) is 3.70. The fourth-order valence-electron chi connectivity index (χ4n) is 2.12. The number of nitrogens with two attached hydrogens (primary N) is 1. The van der Waals surface area contributed by atoms with E-state index < -0.39 is 0 Å². The maximum absolute atomic E-state index is 13.3. The van der Waals surface area contributed by atoms with E-state index in [2.05, 4.69) is 15.4 Å². The smallest absolute Gasteiger partial charge is 0.205 e. The van der Waals surface area contributed by atoms with Gasteiger partial charge in [0.05, 0.1) is 5.69 Å². The minimum atomic E-state index is -0.300. The highest BCUT2D eigenvalue weighted by Gasteiger charge is 2.11. The number of rotatable bonds is 4. The summed E-state index contributed by atoms with van der Waals surface area (Å²) < 4.78 is 13.3. The lowest BCUT2D eigenvalue weighted by atomic mass is 10.1. The maximum Gasteiger partial charge on any atom is 0.205 e. The molecule has 2 N–H and O–H groups in total. The molecule has 0 spiro atoms. The Labute approximate surface area is 121 Å². The van der Waals surface area contributed by atoms with Crippen LogP contribution in [0.15, 0.2) is 48.5 Å². The van der Waals surface area contributed by atoms with Gasteiger partial charge in [0.2, 0.25) is 5.82 Å². The normalized spacial score (nSPS) is 10.8. The lowest BCUT2D eigenvalue weighted by Gasteiger charge is -2.06. The Bertz CT molecular complexity index is 739. The van der Waals surface area contributed by atoms with Gasteiger partial charge in [-0.25, -0.2) is 4.39 Å². The monoisotopic (exact) mass is 283 g/mol. The molecule has 1 aromatic heterocycles. The molecule has 6 heteroatoms. The van der Waals surface area contributed by atoms with Crippen molar-refractivity contribution in [3.8, 4) is 17.1 Å². The number of benzene rings is 2. The van der Waals surface area contributed by atoms with Crippen molar-refractivity contribution in [3.63, 3.8) is 0 Å². The van der Waals surface area contributed by atoms with Gasteiger partial charge in [0.15, 0.2) is 0 Å². The van der Waals surface area contributed by atoms with E-state index in [1.165, 1.54) is 16.9 Å². The second-order valence-electron chi connectivity index (χ2n) is 4.58. The fraction of sp³-hybridized carbons (Fsp3) is 0.133. The third-order valence-electron chi connectivity index (χ3n) is 3.12. The molecule has 0 radical (unpaired) electrons. The molecule has 21 heavy (non-hydrogen) atoms. The average Bonchev–Trinajstić information content (AvgIpc) is 2.98. The van der Waals surface area contributed by atoms with E-state index in [-0.39, 0.29) is 5.82 Å². The third-order valence-corrected chi connectivity index (χ3v) is 3.12. The number of hydrogen-bond acceptors (Lipinski definition) is 4. The van der Waals surface area contributed by atoms with Crippen molar-refractivity contribution in [1.82, 2.24) is 20.2 Å². The van der Waals surface area contributed by atoms with Gasteiger partial charge in [-0.05, 0) is 41.9 Å². The van der Waals surface area contributed by atoms with Gasteiger partial charge in [0.25, 0.3) is 0 Å². The molecule has 3 rings (SSSR count). The molecule has 1 heterocycles. The van der Waals surface area contributed by atoms with Crippen LogP contribution in [0.2, 0.25) is 0 Å². The summed E-state index contributed by atoms with van der Waals surface area (Å²) in [5.41, 5.74) is 7.90. The second kappa shape index (κ2) is 5.80. The molecule has 0 saturated heterocycles. The van der Waals surface area contributed by atoms with E-state index in [1.54, 1.807) is 6.07 Å². The van der Waals surface area contributed by atoms with Gasteiger partial charge in [0.1, 0.15) is 5.82 Å². The highest BCUT2D eigenvalue weighted by molar-refractivity contribution is 5.53. The zero-order chi connectivity index (χ0) is 14.7. The first-order valence-corrected chi connectivity index (χ1v) is 6.62. The summed E-state index contributed by atoms with van der Waals surface area (Å²) in [5, 5.41) is 12.4. The fourth-order valence-corrected chi connectivity index (χ4v) is 2.12. The molecule has 0 fully saturated rings. The van der Waals surface area contributed by atoms with Gasteiger partial charge in [-0.3, -0.25) is 0 Å². The number of halogens is 1. The first-order chi connectivity index (χ1) is 10.3. The number of tetrazole rings is 1. The Balaban J connectivity index is 2.00. The molecule has 0 amide bonds. The van der Waals surface area contributed by atoms with Gasteiger partial charge >= 0.3 is 0 Å². The van der Waals surface area contributed by atoms with Crippen LogP contribution in [0.3, 0.4) is 0 Å². The predicted molar refractivity (Wildman–Crippen MR) is 77.3 cm³/mol. The van der Waals surface area contributed by atoms with E-state index in [0.29, 0.717) is 24.5 Å². The molecule has 0 aliphatic rings. The van der Waals surface area contributed by atoms with E-state index >= 15 is 0 Å². The molecule has 0 atom stereocenters. The summed E-state index contributed by atoms with van der Waals surface area (Å²) in [4.78, 5) is 1.41. The molecule has 5 nitrogen and oxygen atoms in total. The summed E-state index contributed by atoms with van der Waals surface area (Å²) in [7, 11) is 0. The van der Waals surface area contributed by atoms with Crippen LogP contribution in [0.5, 0.6) is 0 Å². The van der Waals surface area contributed by atoms with Crippen molar-refractivity contribution < 1.29 is 4.39 Å². The summed E-state index contributed by atoms with van der Waals surface area (Å²) in [5.74, 6) is 0.226. The molecule has 2 aromatic carbocycles. The zero-order valence-corrected chi connectivity index (χ0v) is 11.3. The van der Waals surface area contributed by atoms with E-state index in [1.807, 2.05) is 30.3 Å². The highest BCUT2D eigenvalue weighted by atomic mass is 19.1. The first-order valence-electron chi connectivity index (χ1n) is 6.62. The molecule has 0 aliphatic heterocycles. The van der Waals surface area contributed by atoms with Crippen molar-refractivity contribution in [2.75, 3.05) is 6.54 Å². The van der Waals surface area contributed by atoms with E-state index in [4.69, 9.17) is 5.73 Å². The molecule has 0 saturated carbocycles. The topological polar surface area (TPSA) is 69.6 Å². The molecule has 3 aromatic rings. The quantitative estimate of drug-likeness (QED) is 0.794. The Morgan fingerprint density at radius 2 is 1.90 bits per heavy atom. The minimum absolute atomic E-state index is 0.300. The van der Waals surface area contributed by atoms with Crippen LogP contribution in [0.1, 0.15) is 5.56 Å². The van der Waals surface area contributed by atoms with Crippen LogP contribution < -0.4 is 5.73 Å². The molecule has 0 aliphatic carbocycles. The summed E-state index contributed by atoms with van der Waals surface area (Å²) >= 11 is 0. The summed E-state index contributed by atoms with van der Waals surface area (Å²) in [6.07, 6.45) is 0.551. The van der Waals surface area contributed by atoms with Crippen molar-refractivity contribution in [1.29, 1.82) is 0 Å². The van der Waals surface area contributed by atoms with E-state index in [0.717, 1.165) is 11.1 Å². The van der Waals surface area contributed by atoms with Crippen LogP contribution in [0.4, 0.5) is 4.39 Å². The standard InChI is InChI=1S/C15H14FN5/c16-13-6-7-14(12(10-13)8-9-17)21-19-15(18-20-21)11-4-2-1-3-5-11/h1-7,10H,8-9,17H2. The lowest BCUT2D eigenvalue weighted by Crippen LogP contribution is -2.09. The first kappa shape index (κ1) is 13.4. The molecular formula is C15H14FN5. The predicted octanol–water partition coefficient (Wildman–Crippen LogP) is 1.97. The van der Waals surface area contributed by atoms with Gasteiger partial charge in [-0.1, -0.05) is 30.3 Å². The van der Waals surface area contributed by atoms with Crippen LogP contribution in [-0.2, 0) is 6.42 Å². The van der Waals surface area contributed by atoms with Gasteiger partial charge < -0.3 is 5.73 Å². The van der Waals surface area contributed by atoms with Crippen molar-refractivity contribution in [2.45, 2.75) is 6.42 Å². The number of nitrogens with zero attached hydrogens (tertiary/aromatic N) is 4. The SMILES string of the molecule is NCCc1cc(F)ccc1-n1nnc(-c2ccccc2)n1. The minimum Gasteiger partial charge on any atom is -0.330 e. The van der Waals surface area contributed by atoms with Crippen LogP contribution in [-0.4, -0.2) is 26.8 Å². The number of aromatic nitrogens is 4. The van der Waals surface area contributed by atoms with Gasteiger partial charge in [-0.2, -0.15) is 0 Å². The Hall–Kier alpha value is -2.60. The molecule has 106 valence electrons. The van der Waals surface area contributed by atoms with Crippen molar-refractivity contribution in [2.24, 2.45) is 5.73 Å². The van der Waals surface area contributed by atoms with Crippen LogP contribution >= 0.6 is 0 Å². The third kappa shape index (κ3) is 2.80. The Morgan fingerprint density at radius 3 is 2.67 bits per heavy atom. The molecular weight excluding hydrogens is 269 g/mol. The van der Waals surface area contributed by atoms with E-state index in [9.17, 15) is 4.39 Å². The lowest BCUT2D eigenvalue weighted by molar-refractivity contribution is 0.621. The summed E-state index contributed by atoms with van der Waals surface area (Å²) in [6, 6.07) is 14.0. The van der Waals surface area contributed by atoms with Crippen molar-refractivity contribution >= 4 is 0 Å². The zero-order valence-electron chi connectivity index (χ0n) is 11.3. The Morgan fingerprint density at radius 1 is 1.10 bits per heavy atom. The van der Waals surface area contributed by atoms with Gasteiger partial charge in [-0.15, -0.1) is 15.0 Å². The maximum atomic E-state index is 13.3. The largest absolute Gasteiger partial charge is 0.330 e. The molecule has 0 bridgehead atoms. The summed E-state index contributed by atoms with van der Waals surface area (Å²) in [6.45, 7) is 0.427.